The Kier molecular flexibility index (Phi) is 5.26. The van der Waals surface area contributed by atoms with Crippen molar-refractivity contribution >= 4 is 23.4 Å². The summed E-state index contributed by atoms with van der Waals surface area (Å²) in [7, 11) is 4.23. The van der Waals surface area contributed by atoms with Crippen molar-refractivity contribution < 1.29 is 19.4 Å². The van der Waals surface area contributed by atoms with Crippen LogP contribution >= 0.6 is 0 Å². The first-order chi connectivity index (χ1) is 14.0. The lowest BCUT2D eigenvalue weighted by molar-refractivity contribution is -0.132. The largest absolute Gasteiger partial charge is 0.483 e. The van der Waals surface area contributed by atoms with Gasteiger partial charge in [-0.2, -0.15) is 15.0 Å². The number of aromatic nitrogens is 3. The first-order valence-corrected chi connectivity index (χ1v) is 9.94. The van der Waals surface area contributed by atoms with Crippen molar-refractivity contribution in [2.45, 2.75) is 31.1 Å². The van der Waals surface area contributed by atoms with E-state index in [9.17, 15) is 4.79 Å². The van der Waals surface area contributed by atoms with Crippen LogP contribution in [0.1, 0.15) is 12.8 Å². The highest BCUT2D eigenvalue weighted by atomic mass is 16.5. The number of amides is 1. The number of carboxylic acid groups (broad SMARTS) is 1. The van der Waals surface area contributed by atoms with E-state index in [2.05, 4.69) is 29.2 Å². The van der Waals surface area contributed by atoms with Gasteiger partial charge in [0, 0.05) is 24.9 Å². The molecular weight excluding hydrogens is 374 g/mol. The zero-order valence-corrected chi connectivity index (χ0v) is 16.8. The van der Waals surface area contributed by atoms with Crippen molar-refractivity contribution in [3.8, 4) is 0 Å². The lowest BCUT2D eigenvalue weighted by Crippen LogP contribution is -2.40. The molecule has 2 aromatic rings. The molecule has 3 aliphatic rings. The number of rotatable bonds is 4. The molecule has 0 aliphatic carbocycles. The molecule has 29 heavy (non-hydrogen) atoms. The number of carbonyl (C=O) groups excluding carboxylic acids is 1. The number of hydrogen-bond acceptors (Lipinski definition) is 6. The normalized spacial score (nSPS) is 29.8. The van der Waals surface area contributed by atoms with Crippen molar-refractivity contribution in [2.75, 3.05) is 33.7 Å². The van der Waals surface area contributed by atoms with Gasteiger partial charge in [0.25, 0.3) is 6.47 Å². The third-order valence-electron chi connectivity index (χ3n) is 6.32. The topological polar surface area (TPSA) is 101 Å². The van der Waals surface area contributed by atoms with Gasteiger partial charge in [-0.25, -0.2) is 0 Å². The quantitative estimate of drug-likeness (QED) is 0.753. The zero-order chi connectivity index (χ0) is 20.6. The van der Waals surface area contributed by atoms with Crippen LogP contribution in [0.2, 0.25) is 0 Å². The Bertz CT molecular complexity index is 867. The van der Waals surface area contributed by atoms with E-state index in [0.29, 0.717) is 17.9 Å². The van der Waals surface area contributed by atoms with Crippen LogP contribution in [0.15, 0.2) is 24.3 Å². The average Bonchev–Trinajstić information content (AvgIpc) is 3.41. The summed E-state index contributed by atoms with van der Waals surface area (Å²) in [5.74, 6) is 1.07. The van der Waals surface area contributed by atoms with E-state index in [4.69, 9.17) is 14.6 Å². The van der Waals surface area contributed by atoms with Gasteiger partial charge >= 0.3 is 0 Å². The van der Waals surface area contributed by atoms with Gasteiger partial charge in [0.2, 0.25) is 5.91 Å². The van der Waals surface area contributed by atoms with Crippen LogP contribution in [0, 0.1) is 11.8 Å². The molecule has 1 aromatic carbocycles. The number of ether oxygens (including phenoxy) is 1. The zero-order valence-electron chi connectivity index (χ0n) is 16.8. The highest BCUT2D eigenvalue weighted by Crippen LogP contribution is 2.54. The van der Waals surface area contributed by atoms with Crippen LogP contribution in [-0.2, 0) is 20.9 Å². The number of benzene rings is 1. The minimum atomic E-state index is -0.250. The summed E-state index contributed by atoms with van der Waals surface area (Å²) in [4.78, 5) is 27.0. The van der Waals surface area contributed by atoms with Crippen molar-refractivity contribution in [1.82, 2.24) is 24.8 Å². The molecule has 9 heteroatoms. The highest BCUT2D eigenvalue weighted by Gasteiger charge is 2.63. The second-order valence-corrected chi connectivity index (χ2v) is 8.39. The molecule has 4 heterocycles. The molecule has 1 spiro atoms. The Labute approximate surface area is 169 Å². The van der Waals surface area contributed by atoms with E-state index in [1.165, 1.54) is 4.80 Å². The molecule has 0 radical (unpaired) electrons. The van der Waals surface area contributed by atoms with E-state index in [1.807, 2.05) is 29.2 Å². The molecule has 2 bridgehead atoms. The van der Waals surface area contributed by atoms with Crippen LogP contribution in [0.25, 0.3) is 11.0 Å². The minimum absolute atomic E-state index is 0.0877. The van der Waals surface area contributed by atoms with Gasteiger partial charge in [-0.15, -0.1) is 0 Å². The van der Waals surface area contributed by atoms with Gasteiger partial charge in [0.1, 0.15) is 17.6 Å². The predicted octanol–water partition coefficient (Wildman–Crippen LogP) is 0.700. The van der Waals surface area contributed by atoms with Crippen LogP contribution in [0.3, 0.4) is 0 Å². The third-order valence-corrected chi connectivity index (χ3v) is 6.32. The molecule has 4 atom stereocenters. The molecule has 3 fully saturated rings. The summed E-state index contributed by atoms with van der Waals surface area (Å²) in [6.07, 6.45) is 2.58. The Hall–Kier alpha value is -2.52. The van der Waals surface area contributed by atoms with Crippen LogP contribution in [-0.4, -0.2) is 87.7 Å². The number of nitrogens with zero attached hydrogens (tertiary/aromatic N) is 5. The van der Waals surface area contributed by atoms with E-state index in [1.54, 1.807) is 0 Å². The number of carbonyl (C=O) groups is 2. The molecule has 1 amide bonds. The fraction of sp³-hybridized carbons (Fsp3) is 0.600. The predicted molar refractivity (Wildman–Crippen MR) is 105 cm³/mol. The van der Waals surface area contributed by atoms with E-state index >= 15 is 0 Å². The molecule has 9 nitrogen and oxygen atoms in total. The molecule has 156 valence electrons. The lowest BCUT2D eigenvalue weighted by atomic mass is 9.73. The van der Waals surface area contributed by atoms with Gasteiger partial charge in [0.05, 0.1) is 18.2 Å². The Morgan fingerprint density at radius 1 is 1.34 bits per heavy atom. The first-order valence-electron chi connectivity index (χ1n) is 9.94. The number of fused-ring (bicyclic) bond motifs is 2. The number of hydrogen-bond donors (Lipinski definition) is 1. The third kappa shape index (κ3) is 3.60. The van der Waals surface area contributed by atoms with Gasteiger partial charge in [0.15, 0.2) is 0 Å². The number of likely N-dealkylation sites (tertiary alicyclic amines) is 1. The molecule has 3 saturated heterocycles. The van der Waals surface area contributed by atoms with E-state index in [-0.39, 0.29) is 24.5 Å². The van der Waals surface area contributed by atoms with Crippen molar-refractivity contribution in [3.05, 3.63) is 24.3 Å². The van der Waals surface area contributed by atoms with Crippen LogP contribution in [0.5, 0.6) is 0 Å². The molecular formula is C20H27N5O4. The summed E-state index contributed by atoms with van der Waals surface area (Å²) >= 11 is 0. The maximum atomic E-state index is 12.9. The van der Waals surface area contributed by atoms with Crippen molar-refractivity contribution in [1.29, 1.82) is 0 Å². The molecule has 1 aromatic heterocycles. The molecule has 0 saturated carbocycles. The van der Waals surface area contributed by atoms with Crippen LogP contribution < -0.4 is 0 Å². The fourth-order valence-electron chi connectivity index (χ4n) is 5.24. The maximum Gasteiger partial charge on any atom is 0.290 e. The second-order valence-electron chi connectivity index (χ2n) is 8.39. The molecule has 1 N–H and O–H groups in total. The fourth-order valence-corrected chi connectivity index (χ4v) is 5.24. The summed E-state index contributed by atoms with van der Waals surface area (Å²) in [5.41, 5.74) is 1.54. The summed E-state index contributed by atoms with van der Waals surface area (Å²) in [5, 5.41) is 15.7. The Morgan fingerprint density at radius 3 is 2.62 bits per heavy atom. The monoisotopic (exact) mass is 401 g/mol. The molecule has 3 aliphatic heterocycles. The summed E-state index contributed by atoms with van der Waals surface area (Å²) < 4.78 is 6.42. The second kappa shape index (κ2) is 7.72. The maximum absolute atomic E-state index is 12.9. The van der Waals surface area contributed by atoms with Gasteiger partial charge in [-0.3, -0.25) is 9.59 Å². The van der Waals surface area contributed by atoms with E-state index < -0.39 is 0 Å². The smallest absolute Gasteiger partial charge is 0.290 e. The lowest BCUT2D eigenvalue weighted by Gasteiger charge is -2.30. The van der Waals surface area contributed by atoms with Gasteiger partial charge in [-0.05, 0) is 39.1 Å². The summed E-state index contributed by atoms with van der Waals surface area (Å²) in [6, 6.07) is 7.70. The molecule has 5 rings (SSSR count). The minimum Gasteiger partial charge on any atom is -0.483 e. The standard InChI is InChI=1S/C19H25N5O2.CH2O2/c1-22(2)9-13-14-10-23(12-19(14)8-7-17(13)26-19)18(25)11-24-20-15-5-3-4-6-16(15)21-24;2-1-3/h3-6,13-14,17H,7-12H2,1-2H3;1H,(H,2,3)/t13-,14+,17+,19+;/m0./s1. The summed E-state index contributed by atoms with van der Waals surface area (Å²) in [6.45, 7) is 2.50. The first kappa shape index (κ1) is 19.8. The van der Waals surface area contributed by atoms with Gasteiger partial charge < -0.3 is 19.6 Å². The van der Waals surface area contributed by atoms with Crippen molar-refractivity contribution in [3.63, 3.8) is 0 Å². The average molecular weight is 401 g/mol. The molecule has 0 unspecified atom stereocenters. The van der Waals surface area contributed by atoms with E-state index in [0.717, 1.165) is 43.5 Å². The van der Waals surface area contributed by atoms with Crippen molar-refractivity contribution in [2.24, 2.45) is 11.8 Å². The Morgan fingerprint density at radius 2 is 2.00 bits per heavy atom. The van der Waals surface area contributed by atoms with Crippen LogP contribution in [0.4, 0.5) is 0 Å². The van der Waals surface area contributed by atoms with Gasteiger partial charge in [-0.1, -0.05) is 12.1 Å². The Balaban J connectivity index is 0.000000645. The highest BCUT2D eigenvalue weighted by molar-refractivity contribution is 5.77. The SMILES string of the molecule is CN(C)C[C@H]1[C@H]2CN(C(=O)Cn3nc4ccccc4n3)C[C@]23CC[C@H]1O3.O=CO.